The van der Waals surface area contributed by atoms with E-state index in [1.54, 1.807) is 0 Å². The summed E-state index contributed by atoms with van der Waals surface area (Å²) in [5.41, 5.74) is 0. The smallest absolute Gasteiger partial charge is 0.361 e. The molecule has 63 heavy (non-hydrogen) atoms. The van der Waals surface area contributed by atoms with Gasteiger partial charge in [-0.25, -0.2) is 4.79 Å². The molecule has 0 aromatic heterocycles. The fraction of sp³-hybridized carbons (Fsp3) is 0.944. The van der Waals surface area contributed by atoms with Crippen molar-refractivity contribution >= 4 is 17.9 Å². The summed E-state index contributed by atoms with van der Waals surface area (Å²) < 4.78 is 22.7. The van der Waals surface area contributed by atoms with Crippen LogP contribution in [0.15, 0.2) is 0 Å². The minimum Gasteiger partial charge on any atom is -0.477 e. The molecular formula is C54H106NO8+. The Morgan fingerprint density at radius 3 is 1.02 bits per heavy atom. The number of quaternary nitrogens is 1. The van der Waals surface area contributed by atoms with Gasteiger partial charge in [-0.1, -0.05) is 245 Å². The van der Waals surface area contributed by atoms with Crippen LogP contribution in [0.25, 0.3) is 0 Å². The van der Waals surface area contributed by atoms with Gasteiger partial charge in [0.25, 0.3) is 6.29 Å². The molecule has 0 spiro atoms. The van der Waals surface area contributed by atoms with Crippen molar-refractivity contribution in [2.75, 3.05) is 47.5 Å². The third kappa shape index (κ3) is 48.1. The molecule has 9 nitrogen and oxygen atoms in total. The second-order valence-corrected chi connectivity index (χ2v) is 19.9. The maximum absolute atomic E-state index is 12.8. The van der Waals surface area contributed by atoms with E-state index < -0.39 is 18.4 Å². The van der Waals surface area contributed by atoms with E-state index in [0.29, 0.717) is 17.4 Å². The maximum atomic E-state index is 12.8. The van der Waals surface area contributed by atoms with Crippen LogP contribution >= 0.6 is 0 Å². The van der Waals surface area contributed by atoms with Crippen molar-refractivity contribution < 1.29 is 42.9 Å². The van der Waals surface area contributed by atoms with Crippen LogP contribution in [0.2, 0.25) is 0 Å². The van der Waals surface area contributed by atoms with E-state index in [9.17, 15) is 19.5 Å². The van der Waals surface area contributed by atoms with Crippen LogP contribution in [-0.4, -0.2) is 87.4 Å². The molecule has 0 heterocycles. The van der Waals surface area contributed by atoms with E-state index in [0.717, 1.165) is 38.5 Å². The number of unbranched alkanes of at least 4 members (excludes halogenated alkanes) is 36. The number of carbonyl (C=O) groups is 3. The predicted octanol–water partition coefficient (Wildman–Crippen LogP) is 15.2. The first kappa shape index (κ1) is 61.3. The number of likely N-dealkylation sites (N-methyl/N-ethyl adjacent to an activating group) is 1. The number of esters is 2. The molecule has 0 saturated carbocycles. The van der Waals surface area contributed by atoms with Crippen LogP contribution in [0, 0.1) is 0 Å². The number of hydrogen-bond donors (Lipinski definition) is 1. The molecular weight excluding hydrogens is 791 g/mol. The van der Waals surface area contributed by atoms with Gasteiger partial charge in [0.05, 0.1) is 34.4 Å². The maximum Gasteiger partial charge on any atom is 0.361 e. The van der Waals surface area contributed by atoms with Crippen molar-refractivity contribution in [3.63, 3.8) is 0 Å². The normalized spacial score (nSPS) is 12.7. The van der Waals surface area contributed by atoms with E-state index in [1.165, 1.54) is 205 Å². The van der Waals surface area contributed by atoms with E-state index in [2.05, 4.69) is 13.8 Å². The Bertz CT molecular complexity index is 1000. The van der Waals surface area contributed by atoms with Gasteiger partial charge < -0.3 is 28.5 Å². The van der Waals surface area contributed by atoms with Gasteiger partial charge in [0.1, 0.15) is 13.2 Å². The number of carboxylic acids is 1. The molecule has 0 aliphatic carbocycles. The molecule has 0 aromatic rings. The third-order valence-corrected chi connectivity index (χ3v) is 12.4. The Morgan fingerprint density at radius 2 is 0.714 bits per heavy atom. The number of rotatable bonds is 51. The monoisotopic (exact) mass is 897 g/mol. The van der Waals surface area contributed by atoms with E-state index in [4.69, 9.17) is 18.9 Å². The highest BCUT2D eigenvalue weighted by Crippen LogP contribution is 2.18. The summed E-state index contributed by atoms with van der Waals surface area (Å²) in [7, 11) is 5.97. The fourth-order valence-electron chi connectivity index (χ4n) is 8.13. The largest absolute Gasteiger partial charge is 0.477 e. The first-order valence-electron chi connectivity index (χ1n) is 27.2. The lowest BCUT2D eigenvalue weighted by molar-refractivity contribution is -0.870. The molecule has 0 radical (unpaired) electrons. The Balaban J connectivity index is 3.98. The highest BCUT2D eigenvalue weighted by molar-refractivity contribution is 5.71. The molecule has 0 amide bonds. The van der Waals surface area contributed by atoms with Crippen LogP contribution in [0.3, 0.4) is 0 Å². The van der Waals surface area contributed by atoms with Gasteiger partial charge in [0.2, 0.25) is 0 Å². The lowest BCUT2D eigenvalue weighted by Gasteiger charge is -2.25. The summed E-state index contributed by atoms with van der Waals surface area (Å²) in [6, 6.07) is 0. The van der Waals surface area contributed by atoms with Crippen LogP contribution in [0.5, 0.6) is 0 Å². The first-order chi connectivity index (χ1) is 30.6. The van der Waals surface area contributed by atoms with Gasteiger partial charge in [-0.15, -0.1) is 0 Å². The predicted molar refractivity (Wildman–Crippen MR) is 263 cm³/mol. The van der Waals surface area contributed by atoms with Crippen LogP contribution in [-0.2, 0) is 33.3 Å². The van der Waals surface area contributed by atoms with Gasteiger partial charge in [-0.05, 0) is 12.8 Å². The zero-order chi connectivity index (χ0) is 46.3. The van der Waals surface area contributed by atoms with Crippen molar-refractivity contribution in [3.8, 4) is 0 Å². The summed E-state index contributed by atoms with van der Waals surface area (Å²) in [5, 5.41) is 9.64. The number of ether oxygens (including phenoxy) is 4. The molecule has 0 bridgehead atoms. The Labute approximate surface area is 390 Å². The Kier molecular flexibility index (Phi) is 45.5. The standard InChI is InChI=1S/C54H105NO8/c1-6-8-10-12-14-16-17-18-19-20-21-22-23-24-25-26-27-28-29-30-31-32-33-34-35-36-37-39-41-43-45-52(57)63-50(49-62-54(53(58)59)60-47-46-55(3,4)5)48-61-51(56)44-42-40-38-15-13-11-9-7-2/h50,54H,6-49H2,1-5H3/p+1. The summed E-state index contributed by atoms with van der Waals surface area (Å²) in [6.45, 7) is 4.88. The number of nitrogens with zero attached hydrogens (tertiary/aromatic N) is 1. The summed E-state index contributed by atoms with van der Waals surface area (Å²) in [4.78, 5) is 37.1. The minimum absolute atomic E-state index is 0.174. The lowest BCUT2D eigenvalue weighted by atomic mass is 10.0. The number of aliphatic carboxylic acids is 1. The average molecular weight is 897 g/mol. The van der Waals surface area contributed by atoms with Crippen LogP contribution in [0.4, 0.5) is 0 Å². The molecule has 0 fully saturated rings. The third-order valence-electron chi connectivity index (χ3n) is 12.4. The van der Waals surface area contributed by atoms with Gasteiger partial charge in [-0.2, -0.15) is 0 Å². The zero-order valence-corrected chi connectivity index (χ0v) is 42.5. The second kappa shape index (κ2) is 46.8. The first-order valence-corrected chi connectivity index (χ1v) is 27.2. The van der Waals surface area contributed by atoms with Crippen molar-refractivity contribution in [3.05, 3.63) is 0 Å². The van der Waals surface area contributed by atoms with Crippen molar-refractivity contribution in [2.45, 2.75) is 283 Å². The van der Waals surface area contributed by atoms with Gasteiger partial charge in [-0.3, -0.25) is 9.59 Å². The molecule has 0 aliphatic heterocycles. The minimum atomic E-state index is -1.50. The van der Waals surface area contributed by atoms with E-state index >= 15 is 0 Å². The SMILES string of the molecule is CCCCCCCCCCCCCCCCCCCCCCCCCCCCCCCCC(=O)OC(COC(=O)CCCCCCCCCC)COC(OCC[N+](C)(C)C)C(=O)O. The molecule has 2 unspecified atom stereocenters. The number of carboxylic acid groups (broad SMARTS) is 1. The highest BCUT2D eigenvalue weighted by Gasteiger charge is 2.25. The summed E-state index contributed by atoms with van der Waals surface area (Å²) in [5.74, 6) is -1.99. The van der Waals surface area contributed by atoms with E-state index in [-0.39, 0.29) is 38.2 Å². The van der Waals surface area contributed by atoms with Crippen molar-refractivity contribution in [1.82, 2.24) is 0 Å². The number of carbonyl (C=O) groups excluding carboxylic acids is 2. The second-order valence-electron chi connectivity index (χ2n) is 19.9. The molecule has 0 rings (SSSR count). The average Bonchev–Trinajstić information content (AvgIpc) is 3.24. The van der Waals surface area contributed by atoms with Gasteiger partial charge >= 0.3 is 17.9 Å². The molecule has 0 aromatic carbocycles. The quantitative estimate of drug-likeness (QED) is 0.0278. The lowest BCUT2D eigenvalue weighted by Crippen LogP contribution is -2.40. The van der Waals surface area contributed by atoms with Gasteiger partial charge in [0.15, 0.2) is 6.10 Å². The highest BCUT2D eigenvalue weighted by atomic mass is 16.7. The molecule has 2 atom stereocenters. The molecule has 1 N–H and O–H groups in total. The summed E-state index contributed by atoms with van der Waals surface area (Å²) >= 11 is 0. The topological polar surface area (TPSA) is 108 Å². The zero-order valence-electron chi connectivity index (χ0n) is 42.5. The van der Waals surface area contributed by atoms with E-state index in [1.807, 2.05) is 21.1 Å². The Morgan fingerprint density at radius 1 is 0.413 bits per heavy atom. The fourth-order valence-corrected chi connectivity index (χ4v) is 8.13. The van der Waals surface area contributed by atoms with Crippen molar-refractivity contribution in [2.24, 2.45) is 0 Å². The Hall–Kier alpha value is -1.71. The van der Waals surface area contributed by atoms with Crippen LogP contribution < -0.4 is 0 Å². The molecule has 9 heteroatoms. The molecule has 0 saturated heterocycles. The number of hydrogen-bond acceptors (Lipinski definition) is 7. The molecule has 0 aliphatic rings. The van der Waals surface area contributed by atoms with Gasteiger partial charge in [0, 0.05) is 12.8 Å². The van der Waals surface area contributed by atoms with Crippen molar-refractivity contribution in [1.29, 1.82) is 0 Å². The molecule has 374 valence electrons. The summed E-state index contributed by atoms with van der Waals surface area (Å²) in [6.07, 6.45) is 47.9. The van der Waals surface area contributed by atoms with Crippen LogP contribution in [0.1, 0.15) is 271 Å².